The summed E-state index contributed by atoms with van der Waals surface area (Å²) in [5, 5.41) is 0. The van der Waals surface area contributed by atoms with E-state index in [9.17, 15) is 13.2 Å². The number of carbonyl (C=O) groups excluding carboxylic acids is 1. The van der Waals surface area contributed by atoms with Crippen molar-refractivity contribution in [2.45, 2.75) is 51.0 Å². The SMILES string of the molecule is Cc1ccc(S(=O)(=O)N2CCCN(C(=O)OC(C)(C)C)CCC2)cc1. The van der Waals surface area contributed by atoms with Crippen LogP contribution in [-0.4, -0.2) is 55.5 Å². The number of hydrogen-bond acceptors (Lipinski definition) is 4. The maximum absolute atomic E-state index is 12.8. The molecule has 0 bridgehead atoms. The number of hydrogen-bond donors (Lipinski definition) is 0. The van der Waals surface area contributed by atoms with E-state index < -0.39 is 15.6 Å². The first-order valence-corrected chi connectivity index (χ1v) is 10.1. The molecule has 0 aromatic heterocycles. The minimum atomic E-state index is -3.49. The van der Waals surface area contributed by atoms with Crippen LogP contribution in [0.15, 0.2) is 29.2 Å². The van der Waals surface area contributed by atoms with Crippen molar-refractivity contribution < 1.29 is 17.9 Å². The predicted molar refractivity (Wildman–Crippen MR) is 97.0 cm³/mol. The van der Waals surface area contributed by atoms with E-state index in [0.717, 1.165) is 5.56 Å². The van der Waals surface area contributed by atoms with Crippen molar-refractivity contribution in [1.82, 2.24) is 9.21 Å². The van der Waals surface area contributed by atoms with Crippen LogP contribution >= 0.6 is 0 Å². The molecule has 0 atom stereocenters. The van der Waals surface area contributed by atoms with Gasteiger partial charge in [0.1, 0.15) is 5.60 Å². The highest BCUT2D eigenvalue weighted by atomic mass is 32.2. The highest BCUT2D eigenvalue weighted by molar-refractivity contribution is 7.89. The van der Waals surface area contributed by atoms with Gasteiger partial charge in [-0.1, -0.05) is 17.7 Å². The maximum atomic E-state index is 12.8. The van der Waals surface area contributed by atoms with Crippen molar-refractivity contribution in [1.29, 1.82) is 0 Å². The summed E-state index contributed by atoms with van der Waals surface area (Å²) in [4.78, 5) is 14.2. The Morgan fingerprint density at radius 2 is 1.52 bits per heavy atom. The highest BCUT2D eigenvalue weighted by Crippen LogP contribution is 2.19. The molecule has 1 aromatic rings. The number of amides is 1. The molecule has 1 saturated heterocycles. The number of benzene rings is 1. The predicted octanol–water partition coefficient (Wildman–Crippen LogP) is 3.02. The van der Waals surface area contributed by atoms with Gasteiger partial charge in [-0.15, -0.1) is 0 Å². The van der Waals surface area contributed by atoms with Crippen LogP contribution in [0.3, 0.4) is 0 Å². The fourth-order valence-electron chi connectivity index (χ4n) is 2.71. The van der Waals surface area contributed by atoms with E-state index in [1.807, 2.05) is 27.7 Å². The van der Waals surface area contributed by atoms with Crippen molar-refractivity contribution in [2.75, 3.05) is 26.2 Å². The lowest BCUT2D eigenvalue weighted by atomic mass is 10.2. The molecule has 1 aliphatic heterocycles. The summed E-state index contributed by atoms with van der Waals surface area (Å²) >= 11 is 0. The standard InChI is InChI=1S/C18H28N2O4S/c1-15-7-9-16(10-8-15)25(22,23)20-13-5-11-19(12-6-14-20)17(21)24-18(2,3)4/h7-10H,5-6,11-14H2,1-4H3. The third-order valence-electron chi connectivity index (χ3n) is 3.98. The summed E-state index contributed by atoms with van der Waals surface area (Å²) in [6.07, 6.45) is 0.844. The third kappa shape index (κ3) is 5.44. The molecular weight excluding hydrogens is 340 g/mol. The summed E-state index contributed by atoms with van der Waals surface area (Å²) < 4.78 is 32.5. The minimum Gasteiger partial charge on any atom is -0.444 e. The van der Waals surface area contributed by atoms with Crippen molar-refractivity contribution in [3.63, 3.8) is 0 Å². The second kappa shape index (κ2) is 7.74. The van der Waals surface area contributed by atoms with Crippen LogP contribution in [0, 0.1) is 6.92 Å². The van der Waals surface area contributed by atoms with Crippen LogP contribution in [0.1, 0.15) is 39.2 Å². The molecule has 0 spiro atoms. The molecule has 0 N–H and O–H groups in total. The lowest BCUT2D eigenvalue weighted by Gasteiger charge is -2.31. The normalized spacial score (nSPS) is 17.7. The van der Waals surface area contributed by atoms with E-state index in [4.69, 9.17) is 4.74 Å². The molecule has 6 nitrogen and oxygen atoms in total. The van der Waals surface area contributed by atoms with Crippen molar-refractivity contribution >= 4 is 16.1 Å². The highest BCUT2D eigenvalue weighted by Gasteiger charge is 2.28. The number of rotatable bonds is 2. The number of aryl methyl sites for hydroxylation is 1. The van der Waals surface area contributed by atoms with E-state index in [1.165, 1.54) is 4.31 Å². The number of ether oxygens (including phenoxy) is 1. The van der Waals surface area contributed by atoms with E-state index in [2.05, 4.69) is 0 Å². The Balaban J connectivity index is 2.01. The van der Waals surface area contributed by atoms with Gasteiger partial charge in [-0.2, -0.15) is 4.31 Å². The van der Waals surface area contributed by atoms with E-state index >= 15 is 0 Å². The molecule has 2 rings (SSSR count). The third-order valence-corrected chi connectivity index (χ3v) is 5.89. The van der Waals surface area contributed by atoms with Gasteiger partial charge in [0, 0.05) is 26.2 Å². The average Bonchev–Trinajstić information content (AvgIpc) is 2.45. The van der Waals surface area contributed by atoms with Gasteiger partial charge in [-0.25, -0.2) is 13.2 Å². The fourth-order valence-corrected chi connectivity index (χ4v) is 4.23. The Hall–Kier alpha value is -1.60. The van der Waals surface area contributed by atoms with Gasteiger partial charge in [0.15, 0.2) is 0 Å². The zero-order chi connectivity index (χ0) is 18.7. The van der Waals surface area contributed by atoms with Crippen molar-refractivity contribution in [3.8, 4) is 0 Å². The fraction of sp³-hybridized carbons (Fsp3) is 0.611. The number of carbonyl (C=O) groups is 1. The van der Waals surface area contributed by atoms with E-state index in [-0.39, 0.29) is 6.09 Å². The van der Waals surface area contributed by atoms with E-state index in [0.29, 0.717) is 43.9 Å². The van der Waals surface area contributed by atoms with Gasteiger partial charge in [0.25, 0.3) is 0 Å². The molecule has 0 radical (unpaired) electrons. The van der Waals surface area contributed by atoms with Crippen LogP contribution in [0.4, 0.5) is 4.79 Å². The monoisotopic (exact) mass is 368 g/mol. The molecule has 140 valence electrons. The zero-order valence-corrected chi connectivity index (χ0v) is 16.3. The van der Waals surface area contributed by atoms with Crippen molar-refractivity contribution in [2.24, 2.45) is 0 Å². The van der Waals surface area contributed by atoms with Gasteiger partial charge in [0.2, 0.25) is 10.0 Å². The smallest absolute Gasteiger partial charge is 0.410 e. The first-order chi connectivity index (χ1) is 11.6. The molecule has 7 heteroatoms. The van der Waals surface area contributed by atoms with Crippen LogP contribution in [0.5, 0.6) is 0 Å². The summed E-state index contributed by atoms with van der Waals surface area (Å²) in [5.74, 6) is 0. The topological polar surface area (TPSA) is 66.9 Å². The van der Waals surface area contributed by atoms with Crippen LogP contribution in [0.25, 0.3) is 0 Å². The molecule has 1 amide bonds. The molecule has 1 aliphatic rings. The Morgan fingerprint density at radius 3 is 2.00 bits per heavy atom. The molecule has 0 unspecified atom stereocenters. The van der Waals surface area contributed by atoms with Gasteiger partial charge in [-0.3, -0.25) is 0 Å². The van der Waals surface area contributed by atoms with Crippen LogP contribution in [-0.2, 0) is 14.8 Å². The molecule has 0 saturated carbocycles. The van der Waals surface area contributed by atoms with Crippen LogP contribution < -0.4 is 0 Å². The minimum absolute atomic E-state index is 0.322. The summed E-state index contributed by atoms with van der Waals surface area (Å²) in [5.41, 5.74) is 0.500. The number of nitrogens with zero attached hydrogens (tertiary/aromatic N) is 2. The lowest BCUT2D eigenvalue weighted by molar-refractivity contribution is 0.0231. The Morgan fingerprint density at radius 1 is 1.00 bits per heavy atom. The second-order valence-electron chi connectivity index (χ2n) is 7.39. The molecule has 1 heterocycles. The van der Waals surface area contributed by atoms with Gasteiger partial charge in [-0.05, 0) is 52.7 Å². The molecule has 0 aliphatic carbocycles. The molecule has 1 aromatic carbocycles. The Kier molecular flexibility index (Phi) is 6.11. The van der Waals surface area contributed by atoms with Gasteiger partial charge in [0.05, 0.1) is 4.90 Å². The molecular formula is C18H28N2O4S. The maximum Gasteiger partial charge on any atom is 0.410 e. The van der Waals surface area contributed by atoms with Crippen molar-refractivity contribution in [3.05, 3.63) is 29.8 Å². The Labute approximate surface area is 150 Å². The quantitative estimate of drug-likeness (QED) is 0.805. The van der Waals surface area contributed by atoms with Gasteiger partial charge < -0.3 is 9.64 Å². The summed E-state index contributed by atoms with van der Waals surface area (Å²) in [6.45, 7) is 9.23. The summed E-state index contributed by atoms with van der Waals surface area (Å²) in [6, 6.07) is 6.91. The van der Waals surface area contributed by atoms with Crippen LogP contribution in [0.2, 0.25) is 0 Å². The first kappa shape index (κ1) is 19.7. The lowest BCUT2D eigenvalue weighted by Crippen LogP contribution is -2.43. The zero-order valence-electron chi connectivity index (χ0n) is 15.5. The molecule has 1 fully saturated rings. The second-order valence-corrected chi connectivity index (χ2v) is 9.33. The Bertz CT molecular complexity index is 683. The molecule has 25 heavy (non-hydrogen) atoms. The van der Waals surface area contributed by atoms with E-state index in [1.54, 1.807) is 29.2 Å². The van der Waals surface area contributed by atoms with Gasteiger partial charge >= 0.3 is 6.09 Å². The first-order valence-electron chi connectivity index (χ1n) is 8.64. The number of sulfonamides is 1. The average molecular weight is 368 g/mol. The summed E-state index contributed by atoms with van der Waals surface area (Å²) in [7, 11) is -3.49. The largest absolute Gasteiger partial charge is 0.444 e.